The Morgan fingerprint density at radius 2 is 1.74 bits per heavy atom. The number of carbonyl (C=O) groups is 1. The third kappa shape index (κ3) is 5.28. The van der Waals surface area contributed by atoms with Gasteiger partial charge in [0.05, 0.1) is 4.92 Å². The Bertz CT molecular complexity index is 818. The summed E-state index contributed by atoms with van der Waals surface area (Å²) in [6.07, 6.45) is 3.85. The number of piperidine rings is 1. The SMILES string of the molecule is O=C(NCc1ccc(CN2CCCCC2)cc1)c1cc(Cl)ccc1[N+](=O)[O-]. The van der Waals surface area contributed by atoms with Gasteiger partial charge in [-0.05, 0) is 49.2 Å². The van der Waals surface area contributed by atoms with Crippen molar-refractivity contribution in [2.24, 2.45) is 0 Å². The third-order valence-electron chi connectivity index (χ3n) is 4.73. The highest BCUT2D eigenvalue weighted by Gasteiger charge is 2.20. The van der Waals surface area contributed by atoms with Gasteiger partial charge >= 0.3 is 0 Å². The number of likely N-dealkylation sites (tertiary alicyclic amines) is 1. The van der Waals surface area contributed by atoms with Gasteiger partial charge in [0.2, 0.25) is 0 Å². The van der Waals surface area contributed by atoms with E-state index in [0.717, 1.165) is 25.2 Å². The molecule has 1 N–H and O–H groups in total. The molecule has 1 amide bonds. The fourth-order valence-corrected chi connectivity index (χ4v) is 3.44. The summed E-state index contributed by atoms with van der Waals surface area (Å²) in [5.41, 5.74) is 1.90. The van der Waals surface area contributed by atoms with Crippen LogP contribution in [-0.2, 0) is 13.1 Å². The molecule has 0 saturated carbocycles. The molecule has 0 radical (unpaired) electrons. The summed E-state index contributed by atoms with van der Waals surface area (Å²) in [4.78, 5) is 25.3. The van der Waals surface area contributed by atoms with Gasteiger partial charge < -0.3 is 5.32 Å². The molecule has 0 unspecified atom stereocenters. The van der Waals surface area contributed by atoms with Gasteiger partial charge in [0.25, 0.3) is 11.6 Å². The maximum Gasteiger partial charge on any atom is 0.282 e. The average molecular weight is 388 g/mol. The minimum Gasteiger partial charge on any atom is -0.348 e. The van der Waals surface area contributed by atoms with Gasteiger partial charge in [0.1, 0.15) is 5.56 Å². The number of nitro benzene ring substituents is 1. The lowest BCUT2D eigenvalue weighted by Gasteiger charge is -2.26. The van der Waals surface area contributed by atoms with Gasteiger partial charge in [-0.2, -0.15) is 0 Å². The van der Waals surface area contributed by atoms with E-state index in [9.17, 15) is 14.9 Å². The first kappa shape index (κ1) is 19.3. The van der Waals surface area contributed by atoms with Crippen LogP contribution in [0.25, 0.3) is 0 Å². The van der Waals surface area contributed by atoms with Crippen LogP contribution in [0.5, 0.6) is 0 Å². The number of halogens is 1. The lowest BCUT2D eigenvalue weighted by atomic mass is 10.1. The average Bonchev–Trinajstić information content (AvgIpc) is 2.67. The summed E-state index contributed by atoms with van der Waals surface area (Å²) in [5.74, 6) is -0.512. The van der Waals surface area contributed by atoms with Crippen LogP contribution in [0.3, 0.4) is 0 Å². The van der Waals surface area contributed by atoms with E-state index >= 15 is 0 Å². The lowest BCUT2D eigenvalue weighted by Crippen LogP contribution is -2.29. The monoisotopic (exact) mass is 387 g/mol. The summed E-state index contributed by atoms with van der Waals surface area (Å²) in [5, 5.41) is 14.1. The fraction of sp³-hybridized carbons (Fsp3) is 0.350. The molecule has 6 nitrogen and oxygen atoms in total. The highest BCUT2D eigenvalue weighted by atomic mass is 35.5. The maximum atomic E-state index is 12.3. The first-order valence-electron chi connectivity index (χ1n) is 9.05. The molecular formula is C20H22ClN3O3. The number of nitrogens with one attached hydrogen (secondary N) is 1. The molecule has 1 fully saturated rings. The topological polar surface area (TPSA) is 75.5 Å². The van der Waals surface area contributed by atoms with Crippen LogP contribution in [0.1, 0.15) is 40.7 Å². The molecule has 0 spiro atoms. The third-order valence-corrected chi connectivity index (χ3v) is 4.97. The van der Waals surface area contributed by atoms with Crippen LogP contribution in [0, 0.1) is 10.1 Å². The number of carbonyl (C=O) groups excluding carboxylic acids is 1. The highest BCUT2D eigenvalue weighted by molar-refractivity contribution is 6.31. The number of amides is 1. The van der Waals surface area contributed by atoms with E-state index < -0.39 is 10.8 Å². The van der Waals surface area contributed by atoms with E-state index in [1.807, 2.05) is 12.1 Å². The largest absolute Gasteiger partial charge is 0.348 e. The van der Waals surface area contributed by atoms with Gasteiger partial charge in [-0.25, -0.2) is 0 Å². The van der Waals surface area contributed by atoms with Gasteiger partial charge in [0, 0.05) is 24.2 Å². The Balaban J connectivity index is 1.59. The van der Waals surface area contributed by atoms with Crippen molar-refractivity contribution in [2.75, 3.05) is 13.1 Å². The summed E-state index contributed by atoms with van der Waals surface area (Å²) in [6, 6.07) is 12.1. The van der Waals surface area contributed by atoms with E-state index in [2.05, 4.69) is 22.3 Å². The minimum atomic E-state index is -0.583. The van der Waals surface area contributed by atoms with Crippen LogP contribution >= 0.6 is 11.6 Å². The Hall–Kier alpha value is -2.44. The molecule has 0 atom stereocenters. The molecule has 142 valence electrons. The van der Waals surface area contributed by atoms with E-state index in [1.165, 1.54) is 43.0 Å². The summed E-state index contributed by atoms with van der Waals surface area (Å²) in [7, 11) is 0. The first-order valence-corrected chi connectivity index (χ1v) is 9.43. The van der Waals surface area contributed by atoms with Crippen molar-refractivity contribution in [3.8, 4) is 0 Å². The predicted molar refractivity (Wildman–Crippen MR) is 105 cm³/mol. The minimum absolute atomic E-state index is 0.0331. The molecule has 1 aliphatic heterocycles. The van der Waals surface area contributed by atoms with Crippen molar-refractivity contribution < 1.29 is 9.72 Å². The Morgan fingerprint density at radius 1 is 1.07 bits per heavy atom. The zero-order valence-corrected chi connectivity index (χ0v) is 15.7. The lowest BCUT2D eigenvalue weighted by molar-refractivity contribution is -0.385. The van der Waals surface area contributed by atoms with Crippen molar-refractivity contribution >= 4 is 23.2 Å². The predicted octanol–water partition coefficient (Wildman–Crippen LogP) is 4.16. The maximum absolute atomic E-state index is 12.3. The number of benzene rings is 2. The van der Waals surface area contributed by atoms with E-state index in [1.54, 1.807) is 0 Å². The molecule has 2 aromatic carbocycles. The molecule has 1 saturated heterocycles. The molecule has 1 heterocycles. The normalized spacial score (nSPS) is 14.7. The number of nitrogens with zero attached hydrogens (tertiary/aromatic N) is 2. The number of nitro groups is 1. The van der Waals surface area contributed by atoms with Crippen LogP contribution in [0.15, 0.2) is 42.5 Å². The second-order valence-electron chi connectivity index (χ2n) is 6.75. The first-order chi connectivity index (χ1) is 13.0. The van der Waals surface area contributed by atoms with E-state index in [-0.39, 0.29) is 16.3 Å². The Morgan fingerprint density at radius 3 is 2.41 bits per heavy atom. The van der Waals surface area contributed by atoms with Gasteiger partial charge in [-0.15, -0.1) is 0 Å². The molecule has 1 aliphatic rings. The molecule has 3 rings (SSSR count). The second-order valence-corrected chi connectivity index (χ2v) is 7.19. The van der Waals surface area contributed by atoms with Crippen molar-refractivity contribution in [3.63, 3.8) is 0 Å². The quantitative estimate of drug-likeness (QED) is 0.596. The van der Waals surface area contributed by atoms with Crippen LogP contribution < -0.4 is 5.32 Å². The van der Waals surface area contributed by atoms with Crippen molar-refractivity contribution in [1.29, 1.82) is 0 Å². The molecule has 7 heteroatoms. The van der Waals surface area contributed by atoms with Gasteiger partial charge in [0.15, 0.2) is 0 Å². The number of hydrogen-bond donors (Lipinski definition) is 1. The molecule has 2 aromatic rings. The van der Waals surface area contributed by atoms with E-state index in [4.69, 9.17) is 11.6 Å². The molecular weight excluding hydrogens is 366 g/mol. The second kappa shape index (κ2) is 8.97. The van der Waals surface area contributed by atoms with Crippen molar-refractivity contribution in [2.45, 2.75) is 32.4 Å². The smallest absolute Gasteiger partial charge is 0.282 e. The van der Waals surface area contributed by atoms with Gasteiger partial charge in [-0.3, -0.25) is 19.8 Å². The summed E-state index contributed by atoms with van der Waals surface area (Å²) in [6.45, 7) is 3.54. The van der Waals surface area contributed by atoms with Crippen LogP contribution in [-0.4, -0.2) is 28.8 Å². The standard InChI is InChI=1S/C20H22ClN3O3/c21-17-8-9-19(24(26)27)18(12-17)20(25)22-13-15-4-6-16(7-5-15)14-23-10-2-1-3-11-23/h4-9,12H,1-3,10-11,13-14H2,(H,22,25). The van der Waals surface area contributed by atoms with Gasteiger partial charge in [-0.1, -0.05) is 42.3 Å². The zero-order chi connectivity index (χ0) is 19.2. The highest BCUT2D eigenvalue weighted by Crippen LogP contribution is 2.22. The molecule has 0 aromatic heterocycles. The van der Waals surface area contributed by atoms with Crippen molar-refractivity contribution in [1.82, 2.24) is 10.2 Å². The number of rotatable bonds is 6. The summed E-state index contributed by atoms with van der Waals surface area (Å²) < 4.78 is 0. The zero-order valence-electron chi connectivity index (χ0n) is 15.0. The molecule has 0 aliphatic carbocycles. The Labute approximate surface area is 163 Å². The van der Waals surface area contributed by atoms with Crippen molar-refractivity contribution in [3.05, 3.63) is 74.3 Å². The van der Waals surface area contributed by atoms with Crippen LogP contribution in [0.4, 0.5) is 5.69 Å². The number of hydrogen-bond acceptors (Lipinski definition) is 4. The molecule has 27 heavy (non-hydrogen) atoms. The fourth-order valence-electron chi connectivity index (χ4n) is 3.27. The molecule has 0 bridgehead atoms. The summed E-state index contributed by atoms with van der Waals surface area (Å²) >= 11 is 5.87. The van der Waals surface area contributed by atoms with E-state index in [0.29, 0.717) is 6.54 Å². The van der Waals surface area contributed by atoms with Crippen LogP contribution in [0.2, 0.25) is 5.02 Å². The Kier molecular flexibility index (Phi) is 6.42.